The summed E-state index contributed by atoms with van der Waals surface area (Å²) in [4.78, 5) is 0.740. The Kier molecular flexibility index (Phi) is 4.45. The lowest BCUT2D eigenvalue weighted by molar-refractivity contribution is 0.318. The quantitative estimate of drug-likeness (QED) is 0.673. The normalized spacial score (nSPS) is 27.6. The molecule has 0 saturated heterocycles. The lowest BCUT2D eigenvalue weighted by atomic mass is 9.77. The van der Waals surface area contributed by atoms with Gasteiger partial charge >= 0.3 is 0 Å². The van der Waals surface area contributed by atoms with Crippen molar-refractivity contribution in [2.24, 2.45) is 5.92 Å². The smallest absolute Gasteiger partial charge is 0.0171 e. The van der Waals surface area contributed by atoms with E-state index in [0.717, 1.165) is 16.7 Å². The van der Waals surface area contributed by atoms with Crippen molar-refractivity contribution in [3.8, 4) is 0 Å². The molecule has 0 nitrogen and oxygen atoms in total. The highest BCUT2D eigenvalue weighted by molar-refractivity contribution is 9.09. The first-order valence-electron chi connectivity index (χ1n) is 6.50. The lowest BCUT2D eigenvalue weighted by Gasteiger charge is -2.31. The minimum absolute atomic E-state index is 0.740. The van der Waals surface area contributed by atoms with Gasteiger partial charge in [-0.05, 0) is 49.5 Å². The Labute approximate surface area is 108 Å². The van der Waals surface area contributed by atoms with E-state index < -0.39 is 0 Å². The largest absolute Gasteiger partial charge is 0.0888 e. The molecule has 0 aliphatic heterocycles. The van der Waals surface area contributed by atoms with Crippen LogP contribution >= 0.6 is 15.9 Å². The Morgan fingerprint density at radius 2 is 1.75 bits per heavy atom. The molecule has 0 N–H and O–H groups in total. The van der Waals surface area contributed by atoms with Crippen molar-refractivity contribution in [3.63, 3.8) is 0 Å². The van der Waals surface area contributed by atoms with Crippen LogP contribution in [0.1, 0.15) is 50.5 Å². The molecule has 1 aromatic rings. The van der Waals surface area contributed by atoms with Crippen LogP contribution in [-0.2, 0) is 0 Å². The molecule has 16 heavy (non-hydrogen) atoms. The van der Waals surface area contributed by atoms with Crippen molar-refractivity contribution >= 4 is 15.9 Å². The third kappa shape index (κ3) is 2.88. The molecule has 2 rings (SSSR count). The van der Waals surface area contributed by atoms with Crippen molar-refractivity contribution in [3.05, 3.63) is 35.9 Å². The van der Waals surface area contributed by atoms with Gasteiger partial charge in [0.25, 0.3) is 0 Å². The molecule has 0 aromatic heterocycles. The zero-order valence-corrected chi connectivity index (χ0v) is 11.6. The van der Waals surface area contributed by atoms with E-state index in [1.807, 2.05) is 0 Å². The molecule has 1 atom stereocenters. The SMILES string of the molecule is CCC(Br)C1CCC(c2ccccc2)CC1. The van der Waals surface area contributed by atoms with Gasteiger partial charge in [0.1, 0.15) is 0 Å². The topological polar surface area (TPSA) is 0 Å². The third-order valence-corrected chi connectivity index (χ3v) is 5.34. The second kappa shape index (κ2) is 5.86. The number of rotatable bonds is 3. The molecule has 1 aromatic carbocycles. The Bertz CT molecular complexity index is 298. The summed E-state index contributed by atoms with van der Waals surface area (Å²) in [6.45, 7) is 2.28. The molecule has 0 heterocycles. The fraction of sp³-hybridized carbons (Fsp3) is 0.600. The zero-order valence-electron chi connectivity index (χ0n) is 10.0. The summed E-state index contributed by atoms with van der Waals surface area (Å²) in [5, 5.41) is 0. The zero-order chi connectivity index (χ0) is 11.4. The average molecular weight is 281 g/mol. The number of alkyl halides is 1. The number of benzene rings is 1. The average Bonchev–Trinajstić information content (AvgIpc) is 2.39. The Morgan fingerprint density at radius 1 is 1.12 bits per heavy atom. The highest BCUT2D eigenvalue weighted by Gasteiger charge is 2.25. The molecule has 0 radical (unpaired) electrons. The molecular formula is C15H21Br. The lowest BCUT2D eigenvalue weighted by Crippen LogP contribution is -2.20. The standard InChI is InChI=1S/C15H21Br/c1-2-15(16)14-10-8-13(9-11-14)12-6-4-3-5-7-12/h3-7,13-15H,2,8-11H2,1H3. The van der Waals surface area contributed by atoms with Crippen molar-refractivity contribution in [2.75, 3.05) is 0 Å². The Hall–Kier alpha value is -0.300. The molecule has 0 amide bonds. The van der Waals surface area contributed by atoms with Gasteiger partial charge in [-0.3, -0.25) is 0 Å². The molecule has 1 aliphatic rings. The van der Waals surface area contributed by atoms with Gasteiger partial charge < -0.3 is 0 Å². The van der Waals surface area contributed by atoms with Crippen LogP contribution in [0.15, 0.2) is 30.3 Å². The van der Waals surface area contributed by atoms with Gasteiger partial charge in [0, 0.05) is 4.83 Å². The van der Waals surface area contributed by atoms with E-state index in [1.54, 1.807) is 5.56 Å². The van der Waals surface area contributed by atoms with E-state index >= 15 is 0 Å². The molecule has 1 aliphatic carbocycles. The molecule has 1 fully saturated rings. The summed E-state index contributed by atoms with van der Waals surface area (Å²) < 4.78 is 0. The highest BCUT2D eigenvalue weighted by atomic mass is 79.9. The first-order chi connectivity index (χ1) is 7.81. The summed E-state index contributed by atoms with van der Waals surface area (Å²) in [5.41, 5.74) is 1.54. The van der Waals surface area contributed by atoms with E-state index in [4.69, 9.17) is 0 Å². The van der Waals surface area contributed by atoms with E-state index in [1.165, 1.54) is 32.1 Å². The summed E-state index contributed by atoms with van der Waals surface area (Å²) in [5.74, 6) is 1.72. The molecule has 88 valence electrons. The molecular weight excluding hydrogens is 260 g/mol. The van der Waals surface area contributed by atoms with E-state index in [-0.39, 0.29) is 0 Å². The first-order valence-corrected chi connectivity index (χ1v) is 7.41. The Morgan fingerprint density at radius 3 is 2.31 bits per heavy atom. The molecule has 1 saturated carbocycles. The van der Waals surface area contributed by atoms with Gasteiger partial charge in [0.2, 0.25) is 0 Å². The van der Waals surface area contributed by atoms with Crippen LogP contribution in [0.25, 0.3) is 0 Å². The maximum absolute atomic E-state index is 3.81. The summed E-state index contributed by atoms with van der Waals surface area (Å²) in [7, 11) is 0. The highest BCUT2D eigenvalue weighted by Crippen LogP contribution is 2.39. The van der Waals surface area contributed by atoms with Crippen LogP contribution < -0.4 is 0 Å². The van der Waals surface area contributed by atoms with Crippen LogP contribution in [-0.4, -0.2) is 4.83 Å². The van der Waals surface area contributed by atoms with Crippen molar-refractivity contribution in [1.29, 1.82) is 0 Å². The van der Waals surface area contributed by atoms with Gasteiger partial charge in [0.15, 0.2) is 0 Å². The van der Waals surface area contributed by atoms with Crippen LogP contribution in [0.4, 0.5) is 0 Å². The van der Waals surface area contributed by atoms with Gasteiger partial charge in [-0.25, -0.2) is 0 Å². The molecule has 0 bridgehead atoms. The summed E-state index contributed by atoms with van der Waals surface area (Å²) in [6.07, 6.45) is 6.79. The van der Waals surface area contributed by atoms with Gasteiger partial charge in [-0.2, -0.15) is 0 Å². The molecule has 1 unspecified atom stereocenters. The van der Waals surface area contributed by atoms with Crippen LogP contribution in [0, 0.1) is 5.92 Å². The predicted molar refractivity (Wildman–Crippen MR) is 74.1 cm³/mol. The second-order valence-corrected chi connectivity index (χ2v) is 6.12. The number of halogens is 1. The Balaban J connectivity index is 1.91. The van der Waals surface area contributed by atoms with Crippen molar-refractivity contribution in [1.82, 2.24) is 0 Å². The van der Waals surface area contributed by atoms with Crippen LogP contribution in [0.2, 0.25) is 0 Å². The van der Waals surface area contributed by atoms with E-state index in [0.29, 0.717) is 0 Å². The predicted octanol–water partition coefficient (Wildman–Crippen LogP) is 5.13. The fourth-order valence-corrected chi connectivity index (χ4v) is 3.40. The summed E-state index contributed by atoms with van der Waals surface area (Å²) >= 11 is 3.81. The maximum atomic E-state index is 3.81. The second-order valence-electron chi connectivity index (χ2n) is 4.95. The minimum Gasteiger partial charge on any atom is -0.0888 e. The fourth-order valence-electron chi connectivity index (χ4n) is 2.87. The van der Waals surface area contributed by atoms with E-state index in [2.05, 4.69) is 53.2 Å². The maximum Gasteiger partial charge on any atom is 0.0171 e. The third-order valence-electron chi connectivity index (χ3n) is 3.94. The minimum atomic E-state index is 0.740. The number of hydrogen-bond donors (Lipinski definition) is 0. The van der Waals surface area contributed by atoms with Crippen molar-refractivity contribution in [2.45, 2.75) is 49.8 Å². The number of hydrogen-bond acceptors (Lipinski definition) is 0. The van der Waals surface area contributed by atoms with Gasteiger partial charge in [-0.1, -0.05) is 53.2 Å². The monoisotopic (exact) mass is 280 g/mol. The van der Waals surface area contributed by atoms with Crippen molar-refractivity contribution < 1.29 is 0 Å². The molecule has 0 spiro atoms. The summed E-state index contributed by atoms with van der Waals surface area (Å²) in [6, 6.07) is 11.0. The van der Waals surface area contributed by atoms with Crippen LogP contribution in [0.5, 0.6) is 0 Å². The van der Waals surface area contributed by atoms with E-state index in [9.17, 15) is 0 Å². The van der Waals surface area contributed by atoms with Crippen LogP contribution in [0.3, 0.4) is 0 Å². The van der Waals surface area contributed by atoms with Gasteiger partial charge in [-0.15, -0.1) is 0 Å². The first kappa shape index (κ1) is 12.2. The molecule has 1 heteroatoms. The van der Waals surface area contributed by atoms with Gasteiger partial charge in [0.05, 0.1) is 0 Å².